The molecule has 5 nitrogen and oxygen atoms in total. The Hall–Kier alpha value is -1.77. The van der Waals surface area contributed by atoms with E-state index in [4.69, 9.17) is 0 Å². The summed E-state index contributed by atoms with van der Waals surface area (Å²) in [6.45, 7) is 2.16. The van der Waals surface area contributed by atoms with Gasteiger partial charge in [0.2, 0.25) is 5.91 Å². The Morgan fingerprint density at radius 1 is 1.25 bits per heavy atom. The molecule has 0 spiro atoms. The third-order valence-electron chi connectivity index (χ3n) is 3.90. The maximum atomic E-state index is 12.9. The van der Waals surface area contributed by atoms with Crippen molar-refractivity contribution >= 4 is 33.0 Å². The van der Waals surface area contributed by atoms with Crippen molar-refractivity contribution in [2.24, 2.45) is 0 Å². The Kier molecular flexibility index (Phi) is 4.71. The lowest BCUT2D eigenvalue weighted by molar-refractivity contribution is -0.119. The zero-order valence-electron chi connectivity index (χ0n) is 13.0. The monoisotopic (exact) mass is 368 g/mol. The van der Waals surface area contributed by atoms with Crippen molar-refractivity contribution in [1.82, 2.24) is 4.31 Å². The summed E-state index contributed by atoms with van der Waals surface area (Å²) in [4.78, 5) is 13.4. The minimum absolute atomic E-state index is 0.251. The molecule has 1 aliphatic rings. The van der Waals surface area contributed by atoms with Crippen LogP contribution in [0.3, 0.4) is 0 Å². The van der Waals surface area contributed by atoms with E-state index in [1.54, 1.807) is 12.1 Å². The summed E-state index contributed by atoms with van der Waals surface area (Å²) >= 11 is 1.20. The number of benzene rings is 1. The van der Waals surface area contributed by atoms with E-state index in [9.17, 15) is 17.6 Å². The number of rotatable bonds is 4. The second kappa shape index (κ2) is 6.62. The van der Waals surface area contributed by atoms with Crippen LogP contribution in [0.1, 0.15) is 17.7 Å². The lowest BCUT2D eigenvalue weighted by atomic mass is 10.2. The van der Waals surface area contributed by atoms with Crippen LogP contribution in [0.25, 0.3) is 0 Å². The van der Waals surface area contributed by atoms with Gasteiger partial charge in [-0.15, -0.1) is 11.3 Å². The van der Waals surface area contributed by atoms with Gasteiger partial charge in [-0.1, -0.05) is 0 Å². The van der Waals surface area contributed by atoms with Crippen LogP contribution in [-0.2, 0) is 14.8 Å². The topological polar surface area (TPSA) is 66.5 Å². The van der Waals surface area contributed by atoms with Crippen LogP contribution in [0.5, 0.6) is 0 Å². The fourth-order valence-electron chi connectivity index (χ4n) is 2.71. The molecule has 1 aliphatic heterocycles. The Morgan fingerprint density at radius 3 is 2.58 bits per heavy atom. The molecule has 0 radical (unpaired) electrons. The summed E-state index contributed by atoms with van der Waals surface area (Å²) in [5.41, 5.74) is 0.442. The number of amides is 1. The number of halogens is 1. The number of aryl methyl sites for hydroxylation is 1. The number of nitrogens with one attached hydrogen (secondary N) is 1. The van der Waals surface area contributed by atoms with Crippen LogP contribution in [0.2, 0.25) is 0 Å². The summed E-state index contributed by atoms with van der Waals surface area (Å²) in [6.07, 6.45) is 1.10. The molecule has 1 aromatic heterocycles. The van der Waals surface area contributed by atoms with Gasteiger partial charge < -0.3 is 5.32 Å². The minimum atomic E-state index is -3.68. The van der Waals surface area contributed by atoms with Gasteiger partial charge in [-0.3, -0.25) is 4.79 Å². The Morgan fingerprint density at radius 2 is 1.96 bits per heavy atom. The van der Waals surface area contributed by atoms with Gasteiger partial charge in [0.25, 0.3) is 10.0 Å². The number of anilines is 1. The van der Waals surface area contributed by atoms with Crippen molar-refractivity contribution in [2.75, 3.05) is 11.9 Å². The van der Waals surface area contributed by atoms with Gasteiger partial charge in [0.05, 0.1) is 0 Å². The summed E-state index contributed by atoms with van der Waals surface area (Å²) < 4.78 is 40.0. The van der Waals surface area contributed by atoms with Gasteiger partial charge in [-0.05, 0) is 56.2 Å². The molecule has 3 rings (SSSR count). The lowest BCUT2D eigenvalue weighted by Crippen LogP contribution is -2.42. The largest absolute Gasteiger partial charge is 0.325 e. The third kappa shape index (κ3) is 3.35. The summed E-state index contributed by atoms with van der Waals surface area (Å²) in [5.74, 6) is -0.790. The molecule has 1 atom stereocenters. The Balaban J connectivity index is 1.80. The Bertz CT molecular complexity index is 846. The van der Waals surface area contributed by atoms with Crippen molar-refractivity contribution < 1.29 is 17.6 Å². The van der Waals surface area contributed by atoms with E-state index in [1.807, 2.05) is 6.92 Å². The molecule has 2 heterocycles. The average molecular weight is 368 g/mol. The maximum Gasteiger partial charge on any atom is 0.253 e. The summed E-state index contributed by atoms with van der Waals surface area (Å²) in [6, 6.07) is 7.96. The highest BCUT2D eigenvalue weighted by Crippen LogP contribution is 2.30. The molecule has 0 bridgehead atoms. The van der Waals surface area contributed by atoms with Crippen LogP contribution in [0.15, 0.2) is 40.6 Å². The number of hydrogen-bond donors (Lipinski definition) is 1. The summed E-state index contributed by atoms with van der Waals surface area (Å²) in [7, 11) is -3.68. The first-order valence-electron chi connectivity index (χ1n) is 7.52. The number of carbonyl (C=O) groups is 1. The number of nitrogens with zero attached hydrogens (tertiary/aromatic N) is 1. The molecule has 1 N–H and O–H groups in total. The molecule has 128 valence electrons. The van der Waals surface area contributed by atoms with E-state index in [0.717, 1.165) is 4.88 Å². The zero-order valence-corrected chi connectivity index (χ0v) is 14.7. The average Bonchev–Trinajstić information content (AvgIpc) is 3.19. The van der Waals surface area contributed by atoms with Crippen LogP contribution < -0.4 is 5.32 Å². The van der Waals surface area contributed by atoms with Gasteiger partial charge in [0, 0.05) is 17.1 Å². The lowest BCUT2D eigenvalue weighted by Gasteiger charge is -2.22. The van der Waals surface area contributed by atoms with Crippen molar-refractivity contribution in [2.45, 2.75) is 30.0 Å². The second-order valence-electron chi connectivity index (χ2n) is 5.64. The first-order chi connectivity index (χ1) is 11.4. The fraction of sp³-hybridized carbons (Fsp3) is 0.312. The molecule has 24 heavy (non-hydrogen) atoms. The van der Waals surface area contributed by atoms with Gasteiger partial charge in [-0.2, -0.15) is 4.31 Å². The number of carbonyl (C=O) groups excluding carboxylic acids is 1. The first kappa shape index (κ1) is 17.1. The maximum absolute atomic E-state index is 12.9. The molecular formula is C16H17FN2O3S2. The molecule has 1 fully saturated rings. The van der Waals surface area contributed by atoms with Gasteiger partial charge in [0.1, 0.15) is 16.1 Å². The zero-order chi connectivity index (χ0) is 17.3. The van der Waals surface area contributed by atoms with E-state index in [0.29, 0.717) is 25.1 Å². The molecule has 0 saturated carbocycles. The van der Waals surface area contributed by atoms with Gasteiger partial charge >= 0.3 is 0 Å². The van der Waals surface area contributed by atoms with Crippen molar-refractivity contribution in [3.63, 3.8) is 0 Å². The third-order valence-corrected chi connectivity index (χ3v) is 7.27. The SMILES string of the molecule is Cc1ccc(S(=O)(=O)N2CCCC2C(=O)Nc2ccc(F)cc2)s1. The number of sulfonamides is 1. The standard InChI is InChI=1S/C16H17FN2O3S2/c1-11-4-9-15(23-11)24(21,22)19-10-2-3-14(19)16(20)18-13-7-5-12(17)6-8-13/h4-9,14H,2-3,10H2,1H3,(H,18,20). The normalized spacial score (nSPS) is 18.7. The second-order valence-corrected chi connectivity index (χ2v) is 9.04. The molecule has 1 aromatic carbocycles. The van der Waals surface area contributed by atoms with Crippen LogP contribution >= 0.6 is 11.3 Å². The Labute approximate surface area is 144 Å². The molecule has 0 aliphatic carbocycles. The van der Waals surface area contributed by atoms with Gasteiger partial charge in [-0.25, -0.2) is 12.8 Å². The molecule has 1 unspecified atom stereocenters. The minimum Gasteiger partial charge on any atom is -0.325 e. The predicted molar refractivity (Wildman–Crippen MR) is 91.0 cm³/mol. The van der Waals surface area contributed by atoms with Crippen LogP contribution in [0, 0.1) is 12.7 Å². The van der Waals surface area contributed by atoms with E-state index < -0.39 is 27.8 Å². The molecule has 1 amide bonds. The molecule has 8 heteroatoms. The quantitative estimate of drug-likeness (QED) is 0.902. The highest BCUT2D eigenvalue weighted by atomic mass is 32.2. The van der Waals surface area contributed by atoms with Crippen molar-refractivity contribution in [3.8, 4) is 0 Å². The highest BCUT2D eigenvalue weighted by molar-refractivity contribution is 7.91. The highest BCUT2D eigenvalue weighted by Gasteiger charge is 2.40. The van der Waals surface area contributed by atoms with E-state index >= 15 is 0 Å². The molecule has 1 saturated heterocycles. The fourth-order valence-corrected chi connectivity index (χ4v) is 5.78. The smallest absolute Gasteiger partial charge is 0.253 e. The van der Waals surface area contributed by atoms with Crippen LogP contribution in [-0.4, -0.2) is 31.2 Å². The van der Waals surface area contributed by atoms with E-state index in [1.165, 1.54) is 39.9 Å². The first-order valence-corrected chi connectivity index (χ1v) is 9.78. The van der Waals surface area contributed by atoms with Crippen molar-refractivity contribution in [3.05, 3.63) is 47.1 Å². The van der Waals surface area contributed by atoms with Crippen molar-refractivity contribution in [1.29, 1.82) is 0 Å². The number of hydrogen-bond acceptors (Lipinski definition) is 4. The number of thiophene rings is 1. The van der Waals surface area contributed by atoms with Crippen LogP contribution in [0.4, 0.5) is 10.1 Å². The van der Waals surface area contributed by atoms with E-state index in [-0.39, 0.29) is 4.21 Å². The predicted octanol–water partition coefficient (Wildman–Crippen LogP) is 2.99. The molecular weight excluding hydrogens is 351 g/mol. The van der Waals surface area contributed by atoms with Gasteiger partial charge in [0.15, 0.2) is 0 Å². The summed E-state index contributed by atoms with van der Waals surface area (Å²) in [5, 5.41) is 2.66. The molecule has 2 aromatic rings. The van der Waals surface area contributed by atoms with E-state index in [2.05, 4.69) is 5.32 Å².